The molecular weight excluding hydrogens is 294 g/mol. The molecule has 0 aliphatic heterocycles. The monoisotopic (exact) mass is 309 g/mol. The Balaban J connectivity index is 2.23. The molecule has 0 spiro atoms. The fraction of sp³-hybridized carbons (Fsp3) is 0.357. The summed E-state index contributed by atoms with van der Waals surface area (Å²) in [5.41, 5.74) is 0.441. The summed E-state index contributed by atoms with van der Waals surface area (Å²) in [7, 11) is 0. The molecule has 0 atom stereocenters. The Kier molecular flexibility index (Phi) is 4.50. The molecule has 20 heavy (non-hydrogen) atoms. The summed E-state index contributed by atoms with van der Waals surface area (Å²) in [6, 6.07) is 3.87. The molecular formula is C14H16ClN3OS. The minimum Gasteiger partial charge on any atom is -0.266 e. The number of thioether (sulfide) groups is 1. The van der Waals surface area contributed by atoms with Crippen LogP contribution in [0.1, 0.15) is 26.3 Å². The van der Waals surface area contributed by atoms with Crippen LogP contribution >= 0.6 is 23.4 Å². The van der Waals surface area contributed by atoms with Crippen LogP contribution in [0.2, 0.25) is 5.02 Å². The van der Waals surface area contributed by atoms with E-state index in [2.05, 4.69) is 10.1 Å². The van der Waals surface area contributed by atoms with E-state index < -0.39 is 0 Å². The lowest BCUT2D eigenvalue weighted by Crippen LogP contribution is -2.36. The van der Waals surface area contributed by atoms with Gasteiger partial charge in [0.15, 0.2) is 0 Å². The molecule has 4 nitrogen and oxygen atoms in total. The lowest BCUT2D eigenvalue weighted by molar-refractivity contribution is 0.336. The molecule has 2 aromatic heterocycles. The smallest absolute Gasteiger partial charge is 0.266 e. The van der Waals surface area contributed by atoms with Gasteiger partial charge in [-0.05, 0) is 32.4 Å². The maximum absolute atomic E-state index is 12.2. The maximum Gasteiger partial charge on any atom is 0.287 e. The van der Waals surface area contributed by atoms with Gasteiger partial charge in [0.05, 0.1) is 16.6 Å². The Morgan fingerprint density at radius 1 is 1.35 bits per heavy atom. The van der Waals surface area contributed by atoms with Gasteiger partial charge in [0, 0.05) is 18.1 Å². The molecule has 2 heterocycles. The highest BCUT2D eigenvalue weighted by Gasteiger charge is 2.19. The number of nitrogens with zero attached hydrogens (tertiary/aromatic N) is 3. The number of hydrogen-bond donors (Lipinski definition) is 0. The molecule has 0 unspecified atom stereocenters. The lowest BCUT2D eigenvalue weighted by Gasteiger charge is -2.21. The van der Waals surface area contributed by atoms with Crippen LogP contribution in [0.25, 0.3) is 0 Å². The van der Waals surface area contributed by atoms with Gasteiger partial charge < -0.3 is 0 Å². The molecule has 2 rings (SSSR count). The second-order valence-corrected chi connectivity index (χ2v) is 6.76. The number of rotatable bonds is 3. The number of aromatic nitrogens is 3. The molecule has 0 amide bonds. The number of hydrogen-bond acceptors (Lipinski definition) is 4. The van der Waals surface area contributed by atoms with Gasteiger partial charge in [0.25, 0.3) is 5.56 Å². The van der Waals surface area contributed by atoms with Crippen LogP contribution in [-0.2, 0) is 11.3 Å². The third-order valence-corrected chi connectivity index (χ3v) is 4.21. The molecule has 0 bridgehead atoms. The van der Waals surface area contributed by atoms with Crippen molar-refractivity contribution in [1.29, 1.82) is 0 Å². The standard InChI is InChI=1S/C14H16ClN3OS/c1-14(2,3)18-13(19)12(15)11(8-17-18)20-9-10-5-4-6-16-7-10/h4-8H,9H2,1-3H3. The van der Waals surface area contributed by atoms with Crippen molar-refractivity contribution in [2.75, 3.05) is 0 Å². The lowest BCUT2D eigenvalue weighted by atomic mass is 10.1. The van der Waals surface area contributed by atoms with Crippen molar-refractivity contribution >= 4 is 23.4 Å². The van der Waals surface area contributed by atoms with Crippen molar-refractivity contribution < 1.29 is 0 Å². The summed E-state index contributed by atoms with van der Waals surface area (Å²) in [4.78, 5) is 16.9. The average molecular weight is 310 g/mol. The van der Waals surface area contributed by atoms with E-state index in [9.17, 15) is 4.79 Å². The van der Waals surface area contributed by atoms with E-state index in [-0.39, 0.29) is 16.1 Å². The van der Waals surface area contributed by atoms with Gasteiger partial charge in [-0.1, -0.05) is 17.7 Å². The van der Waals surface area contributed by atoms with Crippen molar-refractivity contribution in [3.63, 3.8) is 0 Å². The van der Waals surface area contributed by atoms with Gasteiger partial charge in [0.2, 0.25) is 0 Å². The van der Waals surface area contributed by atoms with Crippen LogP contribution in [0.5, 0.6) is 0 Å². The SMILES string of the molecule is CC(C)(C)n1ncc(SCc2cccnc2)c(Cl)c1=O. The van der Waals surface area contributed by atoms with Gasteiger partial charge in [-0.25, -0.2) is 4.68 Å². The van der Waals surface area contributed by atoms with Crippen LogP contribution in [-0.4, -0.2) is 14.8 Å². The third kappa shape index (κ3) is 3.41. The molecule has 2 aromatic rings. The van der Waals surface area contributed by atoms with Crippen LogP contribution in [0.3, 0.4) is 0 Å². The summed E-state index contributed by atoms with van der Waals surface area (Å²) in [6.45, 7) is 5.75. The van der Waals surface area contributed by atoms with Gasteiger partial charge in [0.1, 0.15) is 5.02 Å². The molecule has 0 radical (unpaired) electrons. The first-order valence-corrected chi connectivity index (χ1v) is 7.56. The van der Waals surface area contributed by atoms with Gasteiger partial charge in [-0.15, -0.1) is 11.8 Å². The average Bonchev–Trinajstić information content (AvgIpc) is 2.40. The number of pyridine rings is 1. The van der Waals surface area contributed by atoms with E-state index in [4.69, 9.17) is 11.6 Å². The molecule has 6 heteroatoms. The van der Waals surface area contributed by atoms with Gasteiger partial charge in [-0.3, -0.25) is 9.78 Å². The second kappa shape index (κ2) is 5.97. The van der Waals surface area contributed by atoms with E-state index in [0.717, 1.165) is 5.56 Å². The largest absolute Gasteiger partial charge is 0.287 e. The molecule has 0 aliphatic carbocycles. The topological polar surface area (TPSA) is 47.8 Å². The summed E-state index contributed by atoms with van der Waals surface area (Å²) < 4.78 is 1.41. The molecule has 0 saturated heterocycles. The van der Waals surface area contributed by atoms with E-state index in [1.165, 1.54) is 16.4 Å². The van der Waals surface area contributed by atoms with E-state index in [1.54, 1.807) is 18.6 Å². The summed E-state index contributed by atoms with van der Waals surface area (Å²) in [6.07, 6.45) is 5.17. The van der Waals surface area contributed by atoms with E-state index in [0.29, 0.717) is 10.6 Å². The Hall–Kier alpha value is -1.33. The van der Waals surface area contributed by atoms with E-state index in [1.807, 2.05) is 32.9 Å². The van der Waals surface area contributed by atoms with Crippen LogP contribution in [0.4, 0.5) is 0 Å². The van der Waals surface area contributed by atoms with Crippen LogP contribution in [0, 0.1) is 0 Å². The molecule has 0 aliphatic rings. The Labute approximate surface area is 127 Å². The highest BCUT2D eigenvalue weighted by Crippen LogP contribution is 2.27. The normalized spacial score (nSPS) is 11.6. The van der Waals surface area contributed by atoms with Crippen molar-refractivity contribution in [3.05, 3.63) is 51.7 Å². The first kappa shape index (κ1) is 15.1. The minimum atomic E-state index is -0.382. The Morgan fingerprint density at radius 2 is 2.10 bits per heavy atom. The highest BCUT2D eigenvalue weighted by atomic mass is 35.5. The predicted molar refractivity (Wildman–Crippen MR) is 82.3 cm³/mol. The van der Waals surface area contributed by atoms with Crippen molar-refractivity contribution in [2.45, 2.75) is 37.0 Å². The summed E-state index contributed by atoms with van der Waals surface area (Å²) in [5.74, 6) is 0.703. The predicted octanol–water partition coefficient (Wildman–Crippen LogP) is 3.34. The molecule has 106 valence electrons. The molecule has 0 aromatic carbocycles. The summed E-state index contributed by atoms with van der Waals surface area (Å²) in [5, 5.41) is 4.43. The van der Waals surface area contributed by atoms with Crippen molar-refractivity contribution in [1.82, 2.24) is 14.8 Å². The van der Waals surface area contributed by atoms with Gasteiger partial charge in [-0.2, -0.15) is 5.10 Å². The van der Waals surface area contributed by atoms with Crippen LogP contribution in [0.15, 0.2) is 40.4 Å². The Bertz CT molecular complexity index is 650. The first-order valence-electron chi connectivity index (χ1n) is 6.19. The molecule has 0 N–H and O–H groups in total. The van der Waals surface area contributed by atoms with Gasteiger partial charge >= 0.3 is 0 Å². The zero-order valence-electron chi connectivity index (χ0n) is 11.6. The minimum absolute atomic E-state index is 0.226. The molecule has 0 fully saturated rings. The maximum atomic E-state index is 12.2. The van der Waals surface area contributed by atoms with Crippen LogP contribution < -0.4 is 5.56 Å². The fourth-order valence-electron chi connectivity index (χ4n) is 1.64. The fourth-order valence-corrected chi connectivity index (χ4v) is 2.76. The third-order valence-electron chi connectivity index (χ3n) is 2.64. The summed E-state index contributed by atoms with van der Waals surface area (Å²) >= 11 is 7.65. The second-order valence-electron chi connectivity index (χ2n) is 5.36. The number of halogens is 1. The zero-order valence-corrected chi connectivity index (χ0v) is 13.2. The first-order chi connectivity index (χ1) is 9.39. The highest BCUT2D eigenvalue weighted by molar-refractivity contribution is 7.98. The van der Waals surface area contributed by atoms with Crippen molar-refractivity contribution in [2.24, 2.45) is 0 Å². The molecule has 0 saturated carbocycles. The van der Waals surface area contributed by atoms with Crippen molar-refractivity contribution in [3.8, 4) is 0 Å². The van der Waals surface area contributed by atoms with E-state index >= 15 is 0 Å². The quantitative estimate of drug-likeness (QED) is 0.816. The Morgan fingerprint density at radius 3 is 2.70 bits per heavy atom. The zero-order chi connectivity index (χ0) is 14.8.